The van der Waals surface area contributed by atoms with Crippen LogP contribution >= 0.6 is 0 Å². The van der Waals surface area contributed by atoms with Crippen LogP contribution in [0.4, 0.5) is 0 Å². The minimum atomic E-state index is -0.142. The van der Waals surface area contributed by atoms with Crippen LogP contribution < -0.4 is 0 Å². The smallest absolute Gasteiger partial charge is 0.315 e. The van der Waals surface area contributed by atoms with Crippen molar-refractivity contribution in [2.75, 3.05) is 0 Å². The van der Waals surface area contributed by atoms with E-state index in [-0.39, 0.29) is 17.8 Å². The van der Waals surface area contributed by atoms with Crippen molar-refractivity contribution in [1.82, 2.24) is 0 Å². The summed E-state index contributed by atoms with van der Waals surface area (Å²) in [7, 11) is 0. The third-order valence-electron chi connectivity index (χ3n) is 4.16. The highest BCUT2D eigenvalue weighted by Gasteiger charge is 2.32. The minimum absolute atomic E-state index is 0.0675. The summed E-state index contributed by atoms with van der Waals surface area (Å²) in [4.78, 5) is 12.3. The molecule has 1 aliphatic heterocycles. The highest BCUT2D eigenvalue weighted by atomic mass is 16.5. The molecule has 0 spiro atoms. The summed E-state index contributed by atoms with van der Waals surface area (Å²) in [6.45, 7) is 2.03. The third-order valence-corrected chi connectivity index (χ3v) is 4.16. The van der Waals surface area contributed by atoms with Gasteiger partial charge in [0.2, 0.25) is 0 Å². The fraction of sp³-hybridized carbons (Fsp3) is 0.190. The molecule has 0 fully saturated rings. The fourth-order valence-corrected chi connectivity index (χ4v) is 2.92. The van der Waals surface area contributed by atoms with Crippen molar-refractivity contribution in [1.29, 1.82) is 0 Å². The van der Waals surface area contributed by atoms with Crippen LogP contribution in [-0.2, 0) is 9.53 Å². The predicted molar refractivity (Wildman–Crippen MR) is 92.6 cm³/mol. The molecule has 0 bridgehead atoms. The maximum Gasteiger partial charge on any atom is 0.315 e. The molecule has 0 N–H and O–H groups in total. The molecule has 0 aliphatic carbocycles. The van der Waals surface area contributed by atoms with Crippen LogP contribution in [0.2, 0.25) is 0 Å². The number of allylic oxidation sites excluding steroid dienone is 2. The molecule has 2 aromatic carbocycles. The predicted octanol–water partition coefficient (Wildman–Crippen LogP) is 4.95. The molecule has 0 radical (unpaired) electrons. The van der Waals surface area contributed by atoms with Gasteiger partial charge in [0.25, 0.3) is 0 Å². The van der Waals surface area contributed by atoms with Gasteiger partial charge in [-0.1, -0.05) is 73.7 Å². The summed E-state index contributed by atoms with van der Waals surface area (Å²) in [6, 6.07) is 20.1. The standard InChI is InChI=1S/C21H20O2/c1-2-19-20(17-11-7-4-8-12-17)15-18(23-21(19)22)14-13-16-9-5-3-6-10-16/h3-15,19-20H,2H2,1H3/b14-13+/t19-,20-/m1/s1. The van der Waals surface area contributed by atoms with Gasteiger partial charge in [-0.3, -0.25) is 4.79 Å². The zero-order chi connectivity index (χ0) is 16.1. The number of benzene rings is 2. The minimum Gasteiger partial charge on any atom is -0.427 e. The molecule has 0 unspecified atom stereocenters. The average Bonchev–Trinajstić information content (AvgIpc) is 2.61. The summed E-state index contributed by atoms with van der Waals surface area (Å²) in [5.41, 5.74) is 2.24. The molecule has 0 saturated carbocycles. The Kier molecular flexibility index (Phi) is 4.72. The van der Waals surface area contributed by atoms with Crippen LogP contribution in [-0.4, -0.2) is 5.97 Å². The number of hydrogen-bond donors (Lipinski definition) is 0. The average molecular weight is 304 g/mol. The molecular formula is C21H20O2. The summed E-state index contributed by atoms with van der Waals surface area (Å²) >= 11 is 0. The summed E-state index contributed by atoms with van der Waals surface area (Å²) in [6.07, 6.45) is 6.66. The Bertz CT molecular complexity index is 714. The van der Waals surface area contributed by atoms with E-state index in [0.29, 0.717) is 5.76 Å². The van der Waals surface area contributed by atoms with E-state index in [1.54, 1.807) is 0 Å². The molecule has 23 heavy (non-hydrogen) atoms. The van der Waals surface area contributed by atoms with Gasteiger partial charge in [0.15, 0.2) is 0 Å². The Labute approximate surface area is 137 Å². The Hall–Kier alpha value is -2.61. The van der Waals surface area contributed by atoms with Crippen molar-refractivity contribution in [2.24, 2.45) is 5.92 Å². The van der Waals surface area contributed by atoms with Crippen LogP contribution in [0.5, 0.6) is 0 Å². The lowest BCUT2D eigenvalue weighted by Gasteiger charge is -2.27. The molecule has 2 heteroatoms. The molecule has 116 valence electrons. The van der Waals surface area contributed by atoms with E-state index < -0.39 is 0 Å². The molecule has 1 heterocycles. The van der Waals surface area contributed by atoms with Gasteiger partial charge in [0.1, 0.15) is 5.76 Å². The number of ether oxygens (including phenoxy) is 1. The Morgan fingerprint density at radius 3 is 2.26 bits per heavy atom. The Morgan fingerprint density at radius 2 is 1.61 bits per heavy atom. The molecule has 2 atom stereocenters. The second-order valence-corrected chi connectivity index (χ2v) is 5.69. The number of carbonyl (C=O) groups is 1. The van der Waals surface area contributed by atoms with Crippen LogP contribution in [0.15, 0.2) is 78.6 Å². The first kappa shape index (κ1) is 15.3. The van der Waals surface area contributed by atoms with E-state index in [2.05, 4.69) is 18.2 Å². The van der Waals surface area contributed by atoms with E-state index in [1.807, 2.05) is 67.6 Å². The SMILES string of the molecule is CC[C@H]1C(=O)OC(/C=C/c2ccccc2)=C[C@@H]1c1ccccc1. The van der Waals surface area contributed by atoms with Crippen LogP contribution in [0.3, 0.4) is 0 Å². The van der Waals surface area contributed by atoms with E-state index in [9.17, 15) is 4.79 Å². The van der Waals surface area contributed by atoms with Crippen LogP contribution in [0, 0.1) is 5.92 Å². The highest BCUT2D eigenvalue weighted by Crippen LogP contribution is 2.35. The number of cyclic esters (lactones) is 1. The molecule has 0 aromatic heterocycles. The van der Waals surface area contributed by atoms with E-state index in [4.69, 9.17) is 4.74 Å². The van der Waals surface area contributed by atoms with E-state index in [1.165, 1.54) is 0 Å². The van der Waals surface area contributed by atoms with Crippen molar-refractivity contribution in [3.63, 3.8) is 0 Å². The van der Waals surface area contributed by atoms with Crippen molar-refractivity contribution in [3.05, 3.63) is 89.7 Å². The summed E-state index contributed by atoms with van der Waals surface area (Å²) in [5, 5.41) is 0. The Morgan fingerprint density at radius 1 is 0.957 bits per heavy atom. The maximum atomic E-state index is 12.3. The first-order chi connectivity index (χ1) is 11.3. The van der Waals surface area contributed by atoms with Crippen molar-refractivity contribution < 1.29 is 9.53 Å². The lowest BCUT2D eigenvalue weighted by Crippen LogP contribution is -2.27. The molecule has 3 rings (SSSR count). The summed E-state index contributed by atoms with van der Waals surface area (Å²) < 4.78 is 5.50. The van der Waals surface area contributed by atoms with Crippen molar-refractivity contribution in [2.45, 2.75) is 19.3 Å². The number of hydrogen-bond acceptors (Lipinski definition) is 2. The molecule has 1 aliphatic rings. The monoisotopic (exact) mass is 304 g/mol. The topological polar surface area (TPSA) is 26.3 Å². The first-order valence-corrected chi connectivity index (χ1v) is 7.99. The van der Waals surface area contributed by atoms with Gasteiger partial charge >= 0.3 is 5.97 Å². The van der Waals surface area contributed by atoms with E-state index in [0.717, 1.165) is 17.5 Å². The second kappa shape index (κ2) is 7.10. The lowest BCUT2D eigenvalue weighted by molar-refractivity contribution is -0.145. The molecule has 2 nitrogen and oxygen atoms in total. The molecule has 0 saturated heterocycles. The van der Waals surface area contributed by atoms with Crippen molar-refractivity contribution in [3.8, 4) is 0 Å². The maximum absolute atomic E-state index is 12.3. The zero-order valence-electron chi connectivity index (χ0n) is 13.2. The fourth-order valence-electron chi connectivity index (χ4n) is 2.92. The van der Waals surface area contributed by atoms with Gasteiger partial charge in [-0.15, -0.1) is 0 Å². The number of esters is 1. The van der Waals surface area contributed by atoms with Gasteiger partial charge < -0.3 is 4.74 Å². The van der Waals surface area contributed by atoms with Crippen LogP contribution in [0.25, 0.3) is 6.08 Å². The van der Waals surface area contributed by atoms with E-state index >= 15 is 0 Å². The van der Waals surface area contributed by atoms with Gasteiger partial charge in [0, 0.05) is 5.92 Å². The quantitative estimate of drug-likeness (QED) is 0.747. The highest BCUT2D eigenvalue weighted by molar-refractivity contribution is 5.77. The van der Waals surface area contributed by atoms with Crippen LogP contribution in [0.1, 0.15) is 30.4 Å². The third kappa shape index (κ3) is 3.59. The molecular weight excluding hydrogens is 284 g/mol. The second-order valence-electron chi connectivity index (χ2n) is 5.69. The summed E-state index contributed by atoms with van der Waals surface area (Å²) in [5.74, 6) is 0.429. The zero-order valence-corrected chi connectivity index (χ0v) is 13.2. The lowest BCUT2D eigenvalue weighted by atomic mass is 9.82. The molecule has 0 amide bonds. The van der Waals surface area contributed by atoms with Crippen molar-refractivity contribution >= 4 is 12.0 Å². The number of rotatable bonds is 4. The van der Waals surface area contributed by atoms with Gasteiger partial charge in [-0.25, -0.2) is 0 Å². The largest absolute Gasteiger partial charge is 0.427 e. The molecule has 2 aromatic rings. The first-order valence-electron chi connectivity index (χ1n) is 7.99. The van der Waals surface area contributed by atoms with Gasteiger partial charge in [-0.2, -0.15) is 0 Å². The Balaban J connectivity index is 1.90. The van der Waals surface area contributed by atoms with Gasteiger partial charge in [-0.05, 0) is 29.7 Å². The van der Waals surface area contributed by atoms with Gasteiger partial charge in [0.05, 0.1) is 5.92 Å². The normalized spacial score (nSPS) is 21.1. The number of carbonyl (C=O) groups excluding carboxylic acids is 1.